The molecule has 0 bridgehead atoms. The predicted molar refractivity (Wildman–Crippen MR) is 183 cm³/mol. The Labute approximate surface area is 279 Å². The lowest BCUT2D eigenvalue weighted by molar-refractivity contribution is -0.117. The van der Waals surface area contributed by atoms with Gasteiger partial charge in [0.1, 0.15) is 17.6 Å². The zero-order valence-electron chi connectivity index (χ0n) is 25.4. The van der Waals surface area contributed by atoms with Crippen molar-refractivity contribution in [3.05, 3.63) is 68.9 Å². The Hall–Kier alpha value is -2.39. The fourth-order valence-corrected chi connectivity index (χ4v) is 6.70. The van der Waals surface area contributed by atoms with Crippen molar-refractivity contribution in [1.82, 2.24) is 0 Å². The number of hydrogen-bond donors (Lipinski definition) is 2. The summed E-state index contributed by atoms with van der Waals surface area (Å²) in [6.07, 6.45) is 5.01. The molecule has 1 heterocycles. The van der Waals surface area contributed by atoms with Gasteiger partial charge in [-0.3, -0.25) is 9.59 Å². The molecule has 1 aliphatic heterocycles. The summed E-state index contributed by atoms with van der Waals surface area (Å²) in [5.74, 6) is 3.87. The second-order valence-electron chi connectivity index (χ2n) is 10.9. The number of nitrogens with zero attached hydrogens (tertiary/aromatic N) is 1. The van der Waals surface area contributed by atoms with Gasteiger partial charge in [0, 0.05) is 30.0 Å². The molecule has 4 rings (SSSR count). The molecule has 0 aromatic heterocycles. The van der Waals surface area contributed by atoms with Gasteiger partial charge in [0.15, 0.2) is 12.4 Å². The van der Waals surface area contributed by atoms with Gasteiger partial charge in [-0.1, -0.05) is 60.2 Å². The van der Waals surface area contributed by atoms with Crippen LogP contribution in [0.5, 0.6) is 5.75 Å². The van der Waals surface area contributed by atoms with Gasteiger partial charge in [-0.2, -0.15) is 11.8 Å². The first-order valence-corrected chi connectivity index (χ1v) is 17.3. The Balaban J connectivity index is 0.000000340. The monoisotopic (exact) mass is 682 g/mol. The average molecular weight is 684 g/mol. The van der Waals surface area contributed by atoms with E-state index in [0.717, 1.165) is 18.6 Å². The van der Waals surface area contributed by atoms with Gasteiger partial charge in [-0.25, -0.2) is 0 Å². The highest BCUT2D eigenvalue weighted by molar-refractivity contribution is 7.99. The number of carbonyl (C=O) groups excluding carboxylic acids is 2. The zero-order chi connectivity index (χ0) is 32.1. The van der Waals surface area contributed by atoms with Crippen LogP contribution in [-0.2, 0) is 14.4 Å². The van der Waals surface area contributed by atoms with Crippen LogP contribution in [0.2, 0.25) is 15.1 Å². The molecule has 3 atom stereocenters. The summed E-state index contributed by atoms with van der Waals surface area (Å²) in [5, 5.41) is 19.2. The van der Waals surface area contributed by atoms with Crippen LogP contribution in [0.25, 0.3) is 0 Å². The number of halogens is 3. The van der Waals surface area contributed by atoms with Crippen molar-refractivity contribution in [3.63, 3.8) is 0 Å². The number of aliphatic hydroxyl groups excluding tert-OH is 1. The maximum absolute atomic E-state index is 12.9. The highest BCUT2D eigenvalue weighted by Crippen LogP contribution is 2.38. The highest BCUT2D eigenvalue weighted by Gasteiger charge is 2.35. The number of anilines is 1. The lowest BCUT2D eigenvalue weighted by Gasteiger charge is -2.32. The first kappa shape index (κ1) is 36.1. The van der Waals surface area contributed by atoms with E-state index in [0.29, 0.717) is 69.4 Å². The van der Waals surface area contributed by atoms with E-state index in [1.165, 1.54) is 12.2 Å². The minimum atomic E-state index is -0.231. The summed E-state index contributed by atoms with van der Waals surface area (Å²) in [6, 6.07) is 12.1. The minimum Gasteiger partial charge on any atom is -0.511 e. The largest absolute Gasteiger partial charge is 0.511 e. The lowest BCUT2D eigenvalue weighted by Crippen LogP contribution is -2.31. The zero-order valence-corrected chi connectivity index (χ0v) is 28.5. The summed E-state index contributed by atoms with van der Waals surface area (Å²) < 4.78 is 5.80. The predicted octanol–water partition coefficient (Wildman–Crippen LogP) is 9.56. The summed E-state index contributed by atoms with van der Waals surface area (Å²) in [7, 11) is 0. The molecule has 7 nitrogen and oxygen atoms in total. The molecule has 44 heavy (non-hydrogen) atoms. The first-order chi connectivity index (χ1) is 21.1. The van der Waals surface area contributed by atoms with E-state index < -0.39 is 0 Å². The Morgan fingerprint density at radius 1 is 1.09 bits per heavy atom. The third kappa shape index (κ3) is 11.5. The van der Waals surface area contributed by atoms with Crippen LogP contribution in [0.1, 0.15) is 65.7 Å². The van der Waals surface area contributed by atoms with E-state index in [1.807, 2.05) is 25.6 Å². The Morgan fingerprint density at radius 3 is 2.45 bits per heavy atom. The number of aliphatic hydroxyl groups is 1. The van der Waals surface area contributed by atoms with E-state index in [-0.39, 0.29) is 36.1 Å². The number of ketones is 1. The Bertz CT molecular complexity index is 1310. The molecule has 0 radical (unpaired) electrons. The number of ether oxygens (including phenoxy) is 1. The number of hydrogen-bond acceptors (Lipinski definition) is 7. The Kier molecular flexibility index (Phi) is 15.2. The van der Waals surface area contributed by atoms with Crippen LogP contribution in [-0.4, -0.2) is 46.7 Å². The first-order valence-electron chi connectivity index (χ1n) is 15.0. The third-order valence-electron chi connectivity index (χ3n) is 7.27. The second-order valence-corrected chi connectivity index (χ2v) is 13.3. The average Bonchev–Trinajstić information content (AvgIpc) is 3.00. The number of carbonyl (C=O) groups is 2. The van der Waals surface area contributed by atoms with Crippen molar-refractivity contribution in [2.45, 2.75) is 71.8 Å². The van der Waals surface area contributed by atoms with Crippen molar-refractivity contribution in [3.8, 4) is 5.75 Å². The smallest absolute Gasteiger partial charge is 0.224 e. The SMILES string of the molecule is CCC(=O)Nc1ccc(Cl)c(Cl)c1.CCCC(=NOCC(C)Oc1ccc(Cl)cc1)C1=C(O)CC(C2CCCSC2)CC1=O. The quantitative estimate of drug-likeness (QED) is 0.181. The van der Waals surface area contributed by atoms with E-state index in [2.05, 4.69) is 10.5 Å². The Morgan fingerprint density at radius 2 is 1.84 bits per heavy atom. The molecule has 1 aliphatic carbocycles. The fraction of sp³-hybridized carbons (Fsp3) is 0.485. The number of allylic oxidation sites excluding steroid dienone is 2. The molecule has 1 amide bonds. The molecular weight excluding hydrogens is 643 g/mol. The van der Waals surface area contributed by atoms with E-state index in [9.17, 15) is 14.7 Å². The molecule has 1 saturated heterocycles. The van der Waals surface area contributed by atoms with Crippen molar-refractivity contribution in [2.24, 2.45) is 17.0 Å². The van der Waals surface area contributed by atoms with Crippen molar-refractivity contribution >= 4 is 69.7 Å². The van der Waals surface area contributed by atoms with Gasteiger partial charge >= 0.3 is 0 Å². The number of thioether (sulfide) groups is 1. The van der Waals surface area contributed by atoms with Gasteiger partial charge in [0.25, 0.3) is 0 Å². The number of benzene rings is 2. The topological polar surface area (TPSA) is 97.2 Å². The molecule has 240 valence electrons. The number of Topliss-reactive ketones (excluding diaryl/α,β-unsaturated/α-hetero) is 1. The molecule has 2 aromatic rings. The molecule has 2 N–H and O–H groups in total. The van der Waals surface area contributed by atoms with Crippen LogP contribution < -0.4 is 10.1 Å². The van der Waals surface area contributed by atoms with E-state index in [1.54, 1.807) is 49.4 Å². The maximum Gasteiger partial charge on any atom is 0.224 e. The van der Waals surface area contributed by atoms with Gasteiger partial charge < -0.3 is 20.0 Å². The van der Waals surface area contributed by atoms with E-state index in [4.69, 9.17) is 44.4 Å². The van der Waals surface area contributed by atoms with Gasteiger partial charge in [-0.15, -0.1) is 0 Å². The molecular formula is C33H41Cl3N2O5S. The van der Waals surface area contributed by atoms with Crippen molar-refractivity contribution < 1.29 is 24.3 Å². The van der Waals surface area contributed by atoms with Crippen molar-refractivity contribution in [2.75, 3.05) is 23.4 Å². The summed E-state index contributed by atoms with van der Waals surface area (Å²) in [4.78, 5) is 29.5. The summed E-state index contributed by atoms with van der Waals surface area (Å²) in [5.41, 5.74) is 1.58. The van der Waals surface area contributed by atoms with Gasteiger partial charge in [-0.05, 0) is 92.0 Å². The number of nitrogens with one attached hydrogen (secondary N) is 1. The lowest BCUT2D eigenvalue weighted by atomic mass is 9.76. The standard InChI is InChI=1S/C24H32ClNO4S.C9H9Cl2NO/c1-3-5-21(26-29-14-16(2)30-20-9-7-19(25)8-10-20)24-22(27)12-18(13-23(24)28)17-6-4-11-31-15-17;1-2-9(13)12-6-3-4-7(10)8(11)5-6/h7-10,16-18,27H,3-6,11-15H2,1-2H3;3-5H,2H2,1H3,(H,12,13). The van der Waals surface area contributed by atoms with Gasteiger partial charge in [0.05, 0.1) is 21.3 Å². The molecule has 2 aromatic carbocycles. The number of rotatable bonds is 11. The van der Waals surface area contributed by atoms with Crippen LogP contribution in [0.4, 0.5) is 5.69 Å². The maximum atomic E-state index is 12.9. The van der Waals surface area contributed by atoms with Crippen LogP contribution in [0, 0.1) is 11.8 Å². The number of amides is 1. The van der Waals surface area contributed by atoms with Gasteiger partial charge in [0.2, 0.25) is 5.91 Å². The fourth-order valence-electron chi connectivity index (χ4n) is 5.00. The molecule has 2 aliphatic rings. The minimum absolute atomic E-state index is 0.00872. The molecule has 1 fully saturated rings. The van der Waals surface area contributed by atoms with Crippen LogP contribution in [0.15, 0.2) is 59.0 Å². The molecule has 0 spiro atoms. The molecule has 3 unspecified atom stereocenters. The number of oxime groups is 1. The van der Waals surface area contributed by atoms with E-state index >= 15 is 0 Å². The summed E-state index contributed by atoms with van der Waals surface area (Å²) in [6.45, 7) is 5.93. The molecule has 0 saturated carbocycles. The highest BCUT2D eigenvalue weighted by atomic mass is 35.5. The third-order valence-corrected chi connectivity index (χ3v) is 9.50. The van der Waals surface area contributed by atoms with Crippen molar-refractivity contribution in [1.29, 1.82) is 0 Å². The normalized spacial score (nSPS) is 19.5. The molecule has 11 heteroatoms. The second kappa shape index (κ2) is 18.5. The van der Waals surface area contributed by atoms with Crippen LogP contribution in [0.3, 0.4) is 0 Å². The van der Waals surface area contributed by atoms with Crippen LogP contribution >= 0.6 is 46.6 Å². The summed E-state index contributed by atoms with van der Waals surface area (Å²) >= 11 is 19.3.